The van der Waals surface area contributed by atoms with Crippen LogP contribution in [0.25, 0.3) is 11.4 Å². The van der Waals surface area contributed by atoms with Gasteiger partial charge in [-0.3, -0.25) is 9.59 Å². The maximum Gasteiger partial charge on any atom is 0.231 e. The van der Waals surface area contributed by atoms with Gasteiger partial charge in [0, 0.05) is 16.8 Å². The van der Waals surface area contributed by atoms with E-state index in [2.05, 4.69) is 20.7 Å². The van der Waals surface area contributed by atoms with Gasteiger partial charge in [0.1, 0.15) is 6.54 Å². The normalized spacial score (nSPS) is 15.6. The van der Waals surface area contributed by atoms with Crippen molar-refractivity contribution >= 4 is 17.4 Å². The molecule has 0 saturated heterocycles. The number of nitrogens with one attached hydrogen (secondary N) is 1. The number of carbonyl (C=O) groups excluding carboxylic acids is 2. The van der Waals surface area contributed by atoms with Crippen LogP contribution in [-0.2, 0) is 11.3 Å². The molecule has 4 rings (SSSR count). The lowest BCUT2D eigenvalue weighted by molar-refractivity contribution is -0.116. The van der Waals surface area contributed by atoms with E-state index >= 15 is 0 Å². The van der Waals surface area contributed by atoms with E-state index < -0.39 is 0 Å². The predicted molar refractivity (Wildman–Crippen MR) is 95.8 cm³/mol. The van der Waals surface area contributed by atoms with Gasteiger partial charge in [-0.05, 0) is 48.4 Å². The number of fused-ring (bicyclic) bond motifs is 1. The summed E-state index contributed by atoms with van der Waals surface area (Å²) in [6, 6.07) is 13.0. The van der Waals surface area contributed by atoms with Crippen LogP contribution in [0.3, 0.4) is 0 Å². The number of hydrogen-bond donors (Lipinski definition) is 1. The first-order valence-electron chi connectivity index (χ1n) is 8.35. The Hall–Kier alpha value is -3.35. The third-order valence-electron chi connectivity index (χ3n) is 4.62. The van der Waals surface area contributed by atoms with Crippen LogP contribution in [0, 0.1) is 6.92 Å². The molecular weight excluding hydrogens is 330 g/mol. The number of rotatable bonds is 4. The van der Waals surface area contributed by atoms with Gasteiger partial charge in [-0.25, -0.2) is 0 Å². The van der Waals surface area contributed by atoms with Crippen molar-refractivity contribution < 1.29 is 9.59 Å². The Labute approximate surface area is 150 Å². The van der Waals surface area contributed by atoms with Crippen LogP contribution < -0.4 is 5.32 Å². The molecule has 7 heteroatoms. The van der Waals surface area contributed by atoms with Gasteiger partial charge in [0.05, 0.1) is 5.92 Å². The van der Waals surface area contributed by atoms with E-state index in [1.807, 2.05) is 38.1 Å². The molecule has 0 aliphatic carbocycles. The van der Waals surface area contributed by atoms with Crippen LogP contribution in [-0.4, -0.2) is 31.9 Å². The summed E-state index contributed by atoms with van der Waals surface area (Å²) in [5.41, 5.74) is 4.07. The summed E-state index contributed by atoms with van der Waals surface area (Å²) in [4.78, 5) is 25.6. The largest absolute Gasteiger partial charge is 0.325 e. The summed E-state index contributed by atoms with van der Waals surface area (Å²) in [5, 5.41) is 15.1. The standard InChI is InChI=1S/C19H17N5O2/c1-11-5-3-4-6-14(11)18-21-23-24(22-18)10-17(25)13-7-8-16-15(9-13)12(2)19(26)20-16/h3-9,12H,10H2,1-2H3,(H,20,26)/t12-/m0/s1. The van der Waals surface area contributed by atoms with E-state index in [0.717, 1.165) is 22.4 Å². The van der Waals surface area contributed by atoms with Gasteiger partial charge in [0.25, 0.3) is 0 Å². The Bertz CT molecular complexity index is 1020. The maximum absolute atomic E-state index is 12.6. The number of carbonyl (C=O) groups is 2. The van der Waals surface area contributed by atoms with E-state index in [0.29, 0.717) is 11.4 Å². The van der Waals surface area contributed by atoms with Crippen LogP contribution in [0.4, 0.5) is 5.69 Å². The number of anilines is 1. The Morgan fingerprint density at radius 2 is 2.04 bits per heavy atom. The first-order valence-corrected chi connectivity index (χ1v) is 8.35. The van der Waals surface area contributed by atoms with Crippen molar-refractivity contribution in [3.63, 3.8) is 0 Å². The minimum absolute atomic E-state index is 0.00652. The number of nitrogens with zero attached hydrogens (tertiary/aromatic N) is 4. The number of ketones is 1. The van der Waals surface area contributed by atoms with Crippen LogP contribution in [0.2, 0.25) is 0 Å². The van der Waals surface area contributed by atoms with Crippen molar-refractivity contribution in [2.45, 2.75) is 26.3 Å². The maximum atomic E-state index is 12.6. The quantitative estimate of drug-likeness (QED) is 0.733. The lowest BCUT2D eigenvalue weighted by Gasteiger charge is -2.05. The monoisotopic (exact) mass is 347 g/mol. The van der Waals surface area contributed by atoms with Crippen molar-refractivity contribution in [3.8, 4) is 11.4 Å². The molecule has 0 bridgehead atoms. The molecule has 0 spiro atoms. The highest BCUT2D eigenvalue weighted by molar-refractivity contribution is 6.04. The van der Waals surface area contributed by atoms with E-state index in [4.69, 9.17) is 0 Å². The topological polar surface area (TPSA) is 89.8 Å². The fraction of sp³-hybridized carbons (Fsp3) is 0.211. The van der Waals surface area contributed by atoms with Gasteiger partial charge in [0.15, 0.2) is 5.78 Å². The third-order valence-corrected chi connectivity index (χ3v) is 4.62. The van der Waals surface area contributed by atoms with E-state index in [9.17, 15) is 9.59 Å². The second-order valence-corrected chi connectivity index (χ2v) is 6.39. The average molecular weight is 347 g/mol. The molecule has 0 unspecified atom stereocenters. The molecule has 1 amide bonds. The zero-order valence-corrected chi connectivity index (χ0v) is 14.4. The third kappa shape index (κ3) is 2.77. The van der Waals surface area contributed by atoms with Crippen LogP contribution in [0.1, 0.15) is 34.3 Å². The molecule has 2 heterocycles. The number of Topliss-reactive ketones (excluding diaryl/α,β-unsaturated/α-hetero) is 1. The lowest BCUT2D eigenvalue weighted by atomic mass is 9.99. The highest BCUT2D eigenvalue weighted by atomic mass is 16.2. The van der Waals surface area contributed by atoms with Gasteiger partial charge < -0.3 is 5.32 Å². The van der Waals surface area contributed by atoms with Gasteiger partial charge in [0.2, 0.25) is 11.7 Å². The second-order valence-electron chi connectivity index (χ2n) is 6.39. The van der Waals surface area contributed by atoms with Crippen molar-refractivity contribution in [2.75, 3.05) is 5.32 Å². The molecule has 3 aromatic rings. The summed E-state index contributed by atoms with van der Waals surface area (Å²) in [6.45, 7) is 3.79. The molecule has 1 aromatic heterocycles. The van der Waals surface area contributed by atoms with Gasteiger partial charge >= 0.3 is 0 Å². The fourth-order valence-corrected chi connectivity index (χ4v) is 3.05. The van der Waals surface area contributed by atoms with Crippen molar-refractivity contribution in [3.05, 3.63) is 59.2 Å². The highest BCUT2D eigenvalue weighted by Crippen LogP contribution is 2.32. The summed E-state index contributed by atoms with van der Waals surface area (Å²) in [6.07, 6.45) is 0. The number of aromatic nitrogens is 4. The van der Waals surface area contributed by atoms with Gasteiger partial charge in [-0.1, -0.05) is 24.3 Å². The zero-order valence-electron chi connectivity index (χ0n) is 14.4. The SMILES string of the molecule is Cc1ccccc1-c1nnn(CC(=O)c2ccc3c(c2)[C@H](C)C(=O)N3)n1. The predicted octanol–water partition coefficient (Wildman–Crippen LogP) is 2.59. The number of amides is 1. The minimum atomic E-state index is -0.255. The van der Waals surface area contributed by atoms with Gasteiger partial charge in [-0.2, -0.15) is 4.80 Å². The van der Waals surface area contributed by atoms with Crippen molar-refractivity contribution in [1.82, 2.24) is 20.2 Å². The smallest absolute Gasteiger partial charge is 0.231 e. The van der Waals surface area contributed by atoms with E-state index in [1.165, 1.54) is 4.80 Å². The summed E-state index contributed by atoms with van der Waals surface area (Å²) in [5.74, 6) is 0.0571. The average Bonchev–Trinajstić information content (AvgIpc) is 3.20. The molecule has 130 valence electrons. The second kappa shape index (κ2) is 6.18. The van der Waals surface area contributed by atoms with Crippen LogP contribution >= 0.6 is 0 Å². The molecule has 1 aliphatic heterocycles. The zero-order chi connectivity index (χ0) is 18.3. The molecule has 0 saturated carbocycles. The van der Waals surface area contributed by atoms with Crippen molar-refractivity contribution in [1.29, 1.82) is 0 Å². The van der Waals surface area contributed by atoms with Crippen molar-refractivity contribution in [2.24, 2.45) is 0 Å². The molecule has 26 heavy (non-hydrogen) atoms. The minimum Gasteiger partial charge on any atom is -0.325 e. The van der Waals surface area contributed by atoms with Crippen LogP contribution in [0.15, 0.2) is 42.5 Å². The highest BCUT2D eigenvalue weighted by Gasteiger charge is 2.27. The first-order chi connectivity index (χ1) is 12.5. The Morgan fingerprint density at radius 3 is 2.85 bits per heavy atom. The molecule has 1 N–H and O–H groups in total. The Morgan fingerprint density at radius 1 is 1.23 bits per heavy atom. The Kier molecular flexibility index (Phi) is 3.84. The summed E-state index contributed by atoms with van der Waals surface area (Å²) >= 11 is 0. The van der Waals surface area contributed by atoms with E-state index in [-0.39, 0.29) is 24.2 Å². The van der Waals surface area contributed by atoms with Gasteiger partial charge in [-0.15, -0.1) is 10.2 Å². The van der Waals surface area contributed by atoms with E-state index in [1.54, 1.807) is 18.2 Å². The number of tetrazole rings is 1. The molecule has 1 aliphatic rings. The fourth-order valence-electron chi connectivity index (χ4n) is 3.05. The summed E-state index contributed by atoms with van der Waals surface area (Å²) in [7, 11) is 0. The molecule has 2 aromatic carbocycles. The molecule has 1 atom stereocenters. The first kappa shape index (κ1) is 16.1. The molecular formula is C19H17N5O2. The number of aryl methyl sites for hydroxylation is 1. The molecule has 7 nitrogen and oxygen atoms in total. The van der Waals surface area contributed by atoms with Crippen LogP contribution in [0.5, 0.6) is 0 Å². The number of benzene rings is 2. The molecule has 0 fully saturated rings. The summed E-state index contributed by atoms with van der Waals surface area (Å²) < 4.78 is 0. The molecule has 0 radical (unpaired) electrons. The lowest BCUT2D eigenvalue weighted by Crippen LogP contribution is -2.13. The number of hydrogen-bond acceptors (Lipinski definition) is 5. The Balaban J connectivity index is 1.55.